The molecule has 3 fully saturated rings. The molecule has 0 radical (unpaired) electrons. The van der Waals surface area contributed by atoms with E-state index in [4.69, 9.17) is 4.43 Å². The van der Waals surface area contributed by atoms with Gasteiger partial charge in [-0.1, -0.05) is 59.8 Å². The van der Waals surface area contributed by atoms with Crippen LogP contribution in [0.1, 0.15) is 98.3 Å². The maximum Gasteiger partial charge on any atom is 0.191 e. The zero-order valence-electron chi connectivity index (χ0n) is 19.1. The molecule has 0 aliphatic heterocycles. The van der Waals surface area contributed by atoms with Gasteiger partial charge in [-0.2, -0.15) is 0 Å². The average molecular weight is 395 g/mol. The summed E-state index contributed by atoms with van der Waals surface area (Å²) in [5, 5.41) is 12.0. The maximum atomic E-state index is 11.7. The summed E-state index contributed by atoms with van der Waals surface area (Å²) < 4.78 is 6.61. The van der Waals surface area contributed by atoms with Crippen LogP contribution in [0.4, 0.5) is 0 Å². The van der Waals surface area contributed by atoms with E-state index in [1.165, 1.54) is 51.4 Å². The molecule has 158 valence electrons. The van der Waals surface area contributed by atoms with Gasteiger partial charge in [0, 0.05) is 12.0 Å². The fourth-order valence-corrected chi connectivity index (χ4v) is 7.19. The van der Waals surface area contributed by atoms with Crippen LogP contribution in [0.2, 0.25) is 18.1 Å². The standard InChI is InChI=1S/C24H46O2Si/c1-22(2,3)27(5,6)26-18-21-13-15-24(25)17-20(12-14-23(21,24)4)16-19-10-8-7-9-11-19/h19-21,25H,7-18H2,1-6H3/t20-,21-,23-,24+/m1/s1. The predicted octanol–water partition coefficient (Wildman–Crippen LogP) is 6.93. The van der Waals surface area contributed by atoms with Crippen molar-refractivity contribution in [1.82, 2.24) is 0 Å². The third kappa shape index (κ3) is 4.35. The van der Waals surface area contributed by atoms with Crippen LogP contribution in [-0.4, -0.2) is 25.6 Å². The van der Waals surface area contributed by atoms with Crippen molar-refractivity contribution < 1.29 is 9.53 Å². The molecule has 0 aromatic heterocycles. The SMILES string of the molecule is CC(C)(C)[Si](C)(C)OC[C@H]1CC[C@]2(O)C[C@@H](CC3CCCCC3)CC[C@]12C. The van der Waals surface area contributed by atoms with Crippen molar-refractivity contribution in [3.8, 4) is 0 Å². The van der Waals surface area contributed by atoms with Gasteiger partial charge in [0.15, 0.2) is 8.32 Å². The van der Waals surface area contributed by atoms with E-state index >= 15 is 0 Å². The van der Waals surface area contributed by atoms with Crippen LogP contribution in [0.25, 0.3) is 0 Å². The summed E-state index contributed by atoms with van der Waals surface area (Å²) in [4.78, 5) is 0. The molecule has 3 saturated carbocycles. The Morgan fingerprint density at radius 2 is 1.63 bits per heavy atom. The second kappa shape index (κ2) is 7.76. The minimum absolute atomic E-state index is 0.0679. The van der Waals surface area contributed by atoms with Gasteiger partial charge in [0.25, 0.3) is 0 Å². The van der Waals surface area contributed by atoms with Crippen LogP contribution in [0.5, 0.6) is 0 Å². The van der Waals surface area contributed by atoms with Gasteiger partial charge in [0.1, 0.15) is 0 Å². The zero-order chi connectivity index (χ0) is 19.9. The number of aliphatic hydroxyl groups is 1. The minimum atomic E-state index is -1.71. The van der Waals surface area contributed by atoms with E-state index in [-0.39, 0.29) is 10.5 Å². The summed E-state index contributed by atoms with van der Waals surface area (Å²) in [5.41, 5.74) is -0.371. The predicted molar refractivity (Wildman–Crippen MR) is 117 cm³/mol. The summed E-state index contributed by atoms with van der Waals surface area (Å²) >= 11 is 0. The van der Waals surface area contributed by atoms with Crippen LogP contribution in [0, 0.1) is 23.2 Å². The average Bonchev–Trinajstić information content (AvgIpc) is 2.84. The van der Waals surface area contributed by atoms with Crippen LogP contribution >= 0.6 is 0 Å². The third-order valence-corrected chi connectivity index (χ3v) is 13.9. The van der Waals surface area contributed by atoms with Crippen molar-refractivity contribution in [2.75, 3.05) is 6.61 Å². The van der Waals surface area contributed by atoms with E-state index < -0.39 is 13.9 Å². The first-order valence-corrected chi connectivity index (χ1v) is 14.7. The Labute approximate surface area is 170 Å². The maximum absolute atomic E-state index is 11.7. The molecule has 0 aromatic rings. The monoisotopic (exact) mass is 394 g/mol. The van der Waals surface area contributed by atoms with E-state index in [1.54, 1.807) is 0 Å². The number of fused-ring (bicyclic) bond motifs is 1. The fraction of sp³-hybridized carbons (Fsp3) is 1.00. The lowest BCUT2D eigenvalue weighted by atomic mass is 9.59. The summed E-state index contributed by atoms with van der Waals surface area (Å²) in [6, 6.07) is 0. The number of hydrogen-bond acceptors (Lipinski definition) is 2. The van der Waals surface area contributed by atoms with Crippen molar-refractivity contribution >= 4 is 8.32 Å². The second-order valence-electron chi connectivity index (χ2n) is 12.1. The largest absolute Gasteiger partial charge is 0.417 e. The summed E-state index contributed by atoms with van der Waals surface area (Å²) in [7, 11) is -1.71. The van der Waals surface area contributed by atoms with Crippen molar-refractivity contribution in [2.24, 2.45) is 23.2 Å². The highest BCUT2D eigenvalue weighted by molar-refractivity contribution is 6.74. The normalized spacial score (nSPS) is 38.8. The van der Waals surface area contributed by atoms with Gasteiger partial charge in [0.05, 0.1) is 5.60 Å². The van der Waals surface area contributed by atoms with Crippen LogP contribution in [0.15, 0.2) is 0 Å². The van der Waals surface area contributed by atoms with Gasteiger partial charge in [0.2, 0.25) is 0 Å². The van der Waals surface area contributed by atoms with E-state index in [1.807, 2.05) is 0 Å². The molecule has 1 N–H and O–H groups in total. The molecule has 0 heterocycles. The van der Waals surface area contributed by atoms with Crippen molar-refractivity contribution in [1.29, 1.82) is 0 Å². The Balaban J connectivity index is 1.60. The first-order chi connectivity index (χ1) is 12.5. The molecule has 0 unspecified atom stereocenters. The Morgan fingerprint density at radius 1 is 0.963 bits per heavy atom. The lowest BCUT2D eigenvalue weighted by molar-refractivity contribution is -0.121. The molecule has 3 rings (SSSR count). The highest BCUT2D eigenvalue weighted by Crippen LogP contribution is 2.60. The molecule has 4 atom stereocenters. The first kappa shape index (κ1) is 21.8. The highest BCUT2D eigenvalue weighted by Gasteiger charge is 2.59. The van der Waals surface area contributed by atoms with E-state index in [0.29, 0.717) is 5.92 Å². The van der Waals surface area contributed by atoms with Gasteiger partial charge in [-0.05, 0) is 74.4 Å². The molecule has 0 spiro atoms. The smallest absolute Gasteiger partial charge is 0.191 e. The highest BCUT2D eigenvalue weighted by atomic mass is 28.4. The van der Waals surface area contributed by atoms with Crippen LogP contribution in [0.3, 0.4) is 0 Å². The molecule has 0 amide bonds. The van der Waals surface area contributed by atoms with Gasteiger partial charge in [-0.25, -0.2) is 0 Å². The van der Waals surface area contributed by atoms with E-state index in [0.717, 1.165) is 37.7 Å². The minimum Gasteiger partial charge on any atom is -0.417 e. The molecule has 3 aliphatic carbocycles. The molecule has 2 nitrogen and oxygen atoms in total. The zero-order valence-corrected chi connectivity index (χ0v) is 20.1. The molecule has 3 heteroatoms. The number of hydrogen-bond donors (Lipinski definition) is 1. The van der Waals surface area contributed by atoms with Crippen molar-refractivity contribution in [2.45, 2.75) is 122 Å². The van der Waals surface area contributed by atoms with Crippen molar-refractivity contribution in [3.05, 3.63) is 0 Å². The van der Waals surface area contributed by atoms with Crippen LogP contribution < -0.4 is 0 Å². The molecular weight excluding hydrogens is 348 g/mol. The summed E-state index contributed by atoms with van der Waals surface area (Å²) in [5.74, 6) is 2.23. The molecule has 0 bridgehead atoms. The van der Waals surface area contributed by atoms with E-state index in [2.05, 4.69) is 40.8 Å². The first-order valence-electron chi connectivity index (χ1n) is 11.8. The lowest BCUT2D eigenvalue weighted by Crippen LogP contribution is -2.51. The molecule has 0 saturated heterocycles. The Hall–Kier alpha value is 0.137. The van der Waals surface area contributed by atoms with E-state index in [9.17, 15) is 5.11 Å². The second-order valence-corrected chi connectivity index (χ2v) is 16.9. The summed E-state index contributed by atoms with van der Waals surface area (Å²) in [6.45, 7) is 14.9. The molecule has 0 aromatic carbocycles. The fourth-order valence-electron chi connectivity index (χ4n) is 6.14. The Morgan fingerprint density at radius 3 is 2.26 bits per heavy atom. The van der Waals surface area contributed by atoms with Gasteiger partial charge in [-0.15, -0.1) is 0 Å². The van der Waals surface area contributed by atoms with Gasteiger partial charge in [-0.3, -0.25) is 0 Å². The topological polar surface area (TPSA) is 29.5 Å². The van der Waals surface area contributed by atoms with Gasteiger partial charge >= 0.3 is 0 Å². The number of rotatable bonds is 5. The van der Waals surface area contributed by atoms with Crippen molar-refractivity contribution in [3.63, 3.8) is 0 Å². The molecule has 3 aliphatic rings. The lowest BCUT2D eigenvalue weighted by Gasteiger charge is -2.50. The Kier molecular flexibility index (Phi) is 6.27. The summed E-state index contributed by atoms with van der Waals surface area (Å²) in [6.07, 6.45) is 14.3. The van der Waals surface area contributed by atoms with Gasteiger partial charge < -0.3 is 9.53 Å². The molecular formula is C24H46O2Si. The quantitative estimate of drug-likeness (QED) is 0.512. The van der Waals surface area contributed by atoms with Crippen LogP contribution in [-0.2, 0) is 4.43 Å². The molecule has 27 heavy (non-hydrogen) atoms. The Bertz CT molecular complexity index is 505. The third-order valence-electron chi connectivity index (χ3n) is 9.41.